The van der Waals surface area contributed by atoms with Crippen molar-refractivity contribution in [1.29, 1.82) is 0 Å². The summed E-state index contributed by atoms with van der Waals surface area (Å²) in [7, 11) is 0. The van der Waals surface area contributed by atoms with Crippen LogP contribution in [0.4, 0.5) is 0 Å². The molecule has 0 saturated carbocycles. The summed E-state index contributed by atoms with van der Waals surface area (Å²) < 4.78 is 4.95. The number of rotatable bonds is 3. The molecule has 1 aromatic rings. The molecule has 0 fully saturated rings. The average molecular weight is 220 g/mol. The van der Waals surface area contributed by atoms with Crippen molar-refractivity contribution >= 4 is 23.4 Å². The number of carbonyl (C=O) groups excluding carboxylic acids is 1. The monoisotopic (exact) mass is 220 g/mol. The third-order valence-corrected chi connectivity index (χ3v) is 3.16. The third kappa shape index (κ3) is 2.57. The number of esters is 1. The molecule has 1 aliphatic rings. The van der Waals surface area contributed by atoms with Gasteiger partial charge in [-0.25, -0.2) is 4.79 Å². The lowest BCUT2D eigenvalue weighted by Gasteiger charge is -1.93. The highest BCUT2D eigenvalue weighted by Gasteiger charge is 2.09. The molecule has 2 heterocycles. The Kier molecular flexibility index (Phi) is 3.02. The van der Waals surface area contributed by atoms with E-state index in [4.69, 9.17) is 4.74 Å². The van der Waals surface area contributed by atoms with Gasteiger partial charge in [-0.1, -0.05) is 13.3 Å². The van der Waals surface area contributed by atoms with Crippen molar-refractivity contribution in [2.24, 2.45) is 0 Å². The summed E-state index contributed by atoms with van der Waals surface area (Å²) in [4.78, 5) is 13.3. The smallest absolute Gasteiger partial charge is 0.336 e. The van der Waals surface area contributed by atoms with Crippen molar-refractivity contribution in [1.82, 2.24) is 0 Å². The molecule has 2 rings (SSSR count). The van der Waals surface area contributed by atoms with E-state index in [1.807, 2.05) is 6.08 Å². The Morgan fingerprint density at radius 3 is 2.93 bits per heavy atom. The summed E-state index contributed by atoms with van der Waals surface area (Å²) in [5, 5.41) is 0. The molecule has 0 atom stereocenters. The molecule has 0 N–H and O–H groups in total. The minimum absolute atomic E-state index is 0.286. The topological polar surface area (TPSA) is 26.3 Å². The normalized spacial score (nSPS) is 17.4. The Morgan fingerprint density at radius 1 is 1.40 bits per heavy atom. The second-order valence-electron chi connectivity index (χ2n) is 3.36. The molecule has 0 unspecified atom stereocenters. The minimum Gasteiger partial charge on any atom is -0.423 e. The highest BCUT2D eigenvalue weighted by molar-refractivity contribution is 7.12. The zero-order valence-electron chi connectivity index (χ0n) is 8.53. The quantitative estimate of drug-likeness (QED) is 0.731. The van der Waals surface area contributed by atoms with Crippen LogP contribution in [0, 0.1) is 0 Å². The standard InChI is InChI=1S/C12H12O2S/c1-2-3-10-5-6-11(15-10)8-9-4-7-12(13)14-9/h4-8H,2-3H2,1H3. The second kappa shape index (κ2) is 4.45. The molecular weight excluding hydrogens is 208 g/mol. The molecule has 3 heteroatoms. The van der Waals surface area contributed by atoms with Gasteiger partial charge >= 0.3 is 5.97 Å². The lowest BCUT2D eigenvalue weighted by molar-refractivity contribution is -0.132. The molecule has 1 aromatic heterocycles. The van der Waals surface area contributed by atoms with Crippen LogP contribution in [0.5, 0.6) is 0 Å². The van der Waals surface area contributed by atoms with Gasteiger partial charge in [0, 0.05) is 15.8 Å². The van der Waals surface area contributed by atoms with E-state index < -0.39 is 0 Å². The summed E-state index contributed by atoms with van der Waals surface area (Å²) in [5.74, 6) is 0.344. The number of ether oxygens (including phenoxy) is 1. The fraction of sp³-hybridized carbons (Fsp3) is 0.250. The van der Waals surface area contributed by atoms with E-state index in [-0.39, 0.29) is 5.97 Å². The van der Waals surface area contributed by atoms with Gasteiger partial charge in [-0.15, -0.1) is 11.3 Å². The van der Waals surface area contributed by atoms with Gasteiger partial charge in [-0.05, 0) is 30.7 Å². The molecular formula is C12H12O2S. The molecule has 0 aromatic carbocycles. The number of allylic oxidation sites excluding steroid dienone is 1. The van der Waals surface area contributed by atoms with E-state index in [0.29, 0.717) is 5.76 Å². The van der Waals surface area contributed by atoms with Crippen molar-refractivity contribution in [2.75, 3.05) is 0 Å². The van der Waals surface area contributed by atoms with Crippen molar-refractivity contribution in [2.45, 2.75) is 19.8 Å². The van der Waals surface area contributed by atoms with Crippen LogP contribution in [-0.2, 0) is 16.0 Å². The molecule has 0 saturated heterocycles. The first kappa shape index (κ1) is 10.2. The molecule has 15 heavy (non-hydrogen) atoms. The van der Waals surface area contributed by atoms with Crippen molar-refractivity contribution < 1.29 is 9.53 Å². The molecule has 78 valence electrons. The molecule has 0 aliphatic carbocycles. The van der Waals surface area contributed by atoms with E-state index in [1.54, 1.807) is 17.4 Å². The van der Waals surface area contributed by atoms with Crippen LogP contribution in [0.15, 0.2) is 30.0 Å². The first-order chi connectivity index (χ1) is 7.28. The maximum absolute atomic E-state index is 10.8. The average Bonchev–Trinajstić information content (AvgIpc) is 2.78. The molecule has 0 bridgehead atoms. The van der Waals surface area contributed by atoms with Crippen molar-refractivity contribution in [3.05, 3.63) is 39.8 Å². The van der Waals surface area contributed by atoms with Crippen molar-refractivity contribution in [3.8, 4) is 0 Å². The number of hydrogen-bond donors (Lipinski definition) is 0. The molecule has 1 aliphatic heterocycles. The van der Waals surface area contributed by atoms with Gasteiger partial charge in [0.25, 0.3) is 0 Å². The first-order valence-corrected chi connectivity index (χ1v) is 5.80. The van der Waals surface area contributed by atoms with E-state index in [2.05, 4.69) is 19.1 Å². The highest BCUT2D eigenvalue weighted by Crippen LogP contribution is 2.22. The number of thiophene rings is 1. The molecule has 0 radical (unpaired) electrons. The van der Waals surface area contributed by atoms with Gasteiger partial charge in [0.1, 0.15) is 5.76 Å². The van der Waals surface area contributed by atoms with Gasteiger partial charge < -0.3 is 4.74 Å². The van der Waals surface area contributed by atoms with E-state index >= 15 is 0 Å². The van der Waals surface area contributed by atoms with Gasteiger partial charge in [-0.2, -0.15) is 0 Å². The van der Waals surface area contributed by atoms with Crippen molar-refractivity contribution in [3.63, 3.8) is 0 Å². The Balaban J connectivity index is 2.10. The maximum Gasteiger partial charge on any atom is 0.336 e. The molecule has 0 spiro atoms. The summed E-state index contributed by atoms with van der Waals surface area (Å²) >= 11 is 1.74. The Morgan fingerprint density at radius 2 is 2.27 bits per heavy atom. The van der Waals surface area contributed by atoms with E-state index in [0.717, 1.165) is 17.7 Å². The van der Waals surface area contributed by atoms with Gasteiger partial charge in [0.15, 0.2) is 0 Å². The van der Waals surface area contributed by atoms with Gasteiger partial charge in [0.05, 0.1) is 0 Å². The van der Waals surface area contributed by atoms with Crippen LogP contribution in [-0.4, -0.2) is 5.97 Å². The van der Waals surface area contributed by atoms with Crippen LogP contribution in [0.25, 0.3) is 6.08 Å². The number of carbonyl (C=O) groups is 1. The number of hydrogen-bond acceptors (Lipinski definition) is 3. The second-order valence-corrected chi connectivity index (χ2v) is 4.56. The van der Waals surface area contributed by atoms with E-state index in [1.165, 1.54) is 11.0 Å². The van der Waals surface area contributed by atoms with Crippen LogP contribution in [0.2, 0.25) is 0 Å². The summed E-state index contributed by atoms with van der Waals surface area (Å²) in [6.07, 6.45) is 7.30. The predicted octanol–water partition coefficient (Wildman–Crippen LogP) is 3.15. The van der Waals surface area contributed by atoms with Crippen LogP contribution in [0.1, 0.15) is 23.1 Å². The van der Waals surface area contributed by atoms with Crippen LogP contribution in [0.3, 0.4) is 0 Å². The Hall–Kier alpha value is -1.35. The van der Waals surface area contributed by atoms with E-state index in [9.17, 15) is 4.79 Å². The first-order valence-electron chi connectivity index (χ1n) is 4.98. The summed E-state index contributed by atoms with van der Waals surface area (Å²) in [5.41, 5.74) is 0. The number of cyclic esters (lactones) is 1. The lowest BCUT2D eigenvalue weighted by atomic mass is 10.3. The predicted molar refractivity (Wildman–Crippen MR) is 61.5 cm³/mol. The fourth-order valence-electron chi connectivity index (χ4n) is 1.40. The SMILES string of the molecule is CCCc1ccc(C=C2C=CC(=O)O2)s1. The van der Waals surface area contributed by atoms with Gasteiger partial charge in [-0.3, -0.25) is 0 Å². The maximum atomic E-state index is 10.8. The molecule has 2 nitrogen and oxygen atoms in total. The molecule has 0 amide bonds. The zero-order valence-corrected chi connectivity index (χ0v) is 9.34. The van der Waals surface area contributed by atoms with Crippen LogP contribution >= 0.6 is 11.3 Å². The Labute approximate surface area is 92.9 Å². The highest BCUT2D eigenvalue weighted by atomic mass is 32.1. The number of aryl methyl sites for hydroxylation is 1. The summed E-state index contributed by atoms with van der Waals surface area (Å²) in [6, 6.07) is 4.18. The largest absolute Gasteiger partial charge is 0.423 e. The third-order valence-electron chi connectivity index (χ3n) is 2.07. The summed E-state index contributed by atoms with van der Waals surface area (Å²) in [6.45, 7) is 2.17. The minimum atomic E-state index is -0.286. The van der Waals surface area contributed by atoms with Gasteiger partial charge in [0.2, 0.25) is 0 Å². The zero-order chi connectivity index (χ0) is 10.7. The fourth-order valence-corrected chi connectivity index (χ4v) is 2.46. The Bertz CT molecular complexity index is 427. The lowest BCUT2D eigenvalue weighted by Crippen LogP contribution is -1.89. The van der Waals surface area contributed by atoms with Crippen LogP contribution < -0.4 is 0 Å².